The highest BCUT2D eigenvalue weighted by Crippen LogP contribution is 2.34. The molecule has 0 aliphatic heterocycles. The smallest absolute Gasteiger partial charge is 0.227 e. The summed E-state index contributed by atoms with van der Waals surface area (Å²) < 4.78 is 6.20. The molecule has 0 aliphatic rings. The van der Waals surface area contributed by atoms with Crippen molar-refractivity contribution in [1.82, 2.24) is 9.97 Å². The summed E-state index contributed by atoms with van der Waals surface area (Å²) in [6, 6.07) is 24.8. The van der Waals surface area contributed by atoms with E-state index in [-0.39, 0.29) is 0 Å². The summed E-state index contributed by atoms with van der Waals surface area (Å²) in [5.74, 6) is 0. The molecule has 0 fully saturated rings. The SMILES string of the molecule is Cc1ccc(-c2cccc3c2oc2nc(Cc4ccccc4)ccc23)nc1. The van der Waals surface area contributed by atoms with Gasteiger partial charge in [0, 0.05) is 34.6 Å². The van der Waals surface area contributed by atoms with Crippen molar-refractivity contribution in [2.75, 3.05) is 0 Å². The molecule has 0 amide bonds. The molecule has 5 aromatic rings. The van der Waals surface area contributed by atoms with Crippen LogP contribution in [-0.4, -0.2) is 9.97 Å². The highest BCUT2D eigenvalue weighted by molar-refractivity contribution is 6.08. The molecule has 0 N–H and O–H groups in total. The molecule has 0 bridgehead atoms. The van der Waals surface area contributed by atoms with E-state index in [9.17, 15) is 0 Å². The van der Waals surface area contributed by atoms with Crippen LogP contribution in [0, 0.1) is 6.92 Å². The van der Waals surface area contributed by atoms with E-state index < -0.39 is 0 Å². The first kappa shape index (κ1) is 15.8. The van der Waals surface area contributed by atoms with Crippen LogP contribution in [0.2, 0.25) is 0 Å². The normalized spacial score (nSPS) is 11.3. The fourth-order valence-electron chi connectivity index (χ4n) is 3.45. The van der Waals surface area contributed by atoms with Crippen molar-refractivity contribution in [3.63, 3.8) is 0 Å². The third-order valence-electron chi connectivity index (χ3n) is 4.84. The average Bonchev–Trinajstić information content (AvgIpc) is 3.07. The van der Waals surface area contributed by atoms with Crippen LogP contribution in [0.3, 0.4) is 0 Å². The Bertz CT molecular complexity index is 1240. The minimum Gasteiger partial charge on any atom is -0.437 e. The Labute approximate surface area is 157 Å². The van der Waals surface area contributed by atoms with Crippen LogP contribution in [0.15, 0.2) is 83.4 Å². The van der Waals surface area contributed by atoms with Crippen molar-refractivity contribution in [2.45, 2.75) is 13.3 Å². The van der Waals surface area contributed by atoms with E-state index in [1.54, 1.807) is 0 Å². The van der Waals surface area contributed by atoms with Crippen LogP contribution in [0.4, 0.5) is 0 Å². The monoisotopic (exact) mass is 350 g/mol. The lowest BCUT2D eigenvalue weighted by Crippen LogP contribution is -1.91. The zero-order valence-corrected chi connectivity index (χ0v) is 15.0. The topological polar surface area (TPSA) is 38.9 Å². The third-order valence-corrected chi connectivity index (χ3v) is 4.84. The molecule has 3 nitrogen and oxygen atoms in total. The molecule has 3 heterocycles. The van der Waals surface area contributed by atoms with Crippen LogP contribution >= 0.6 is 0 Å². The molecule has 130 valence electrons. The van der Waals surface area contributed by atoms with Crippen LogP contribution in [0.5, 0.6) is 0 Å². The van der Waals surface area contributed by atoms with Gasteiger partial charge in [-0.1, -0.05) is 48.5 Å². The second kappa shape index (κ2) is 6.36. The fraction of sp³-hybridized carbons (Fsp3) is 0.0833. The number of hydrogen-bond donors (Lipinski definition) is 0. The Morgan fingerprint density at radius 2 is 1.70 bits per heavy atom. The van der Waals surface area contributed by atoms with Gasteiger partial charge in [0.05, 0.1) is 5.69 Å². The number of aromatic nitrogens is 2. The van der Waals surface area contributed by atoms with Gasteiger partial charge in [-0.05, 0) is 42.3 Å². The summed E-state index contributed by atoms with van der Waals surface area (Å²) in [4.78, 5) is 9.33. The lowest BCUT2D eigenvalue weighted by Gasteiger charge is -2.01. The Hall–Kier alpha value is -3.46. The summed E-state index contributed by atoms with van der Waals surface area (Å²) in [5, 5.41) is 2.11. The van der Waals surface area contributed by atoms with Crippen LogP contribution in [0.25, 0.3) is 33.3 Å². The maximum Gasteiger partial charge on any atom is 0.227 e. The summed E-state index contributed by atoms with van der Waals surface area (Å²) >= 11 is 0. The van der Waals surface area contributed by atoms with Crippen LogP contribution in [0.1, 0.15) is 16.8 Å². The number of hydrogen-bond acceptors (Lipinski definition) is 3. The van der Waals surface area contributed by atoms with E-state index in [4.69, 9.17) is 9.40 Å². The maximum absolute atomic E-state index is 6.20. The molecule has 27 heavy (non-hydrogen) atoms. The summed E-state index contributed by atoms with van der Waals surface area (Å²) in [6.07, 6.45) is 2.67. The second-order valence-electron chi connectivity index (χ2n) is 6.82. The average molecular weight is 350 g/mol. The molecule has 0 unspecified atom stereocenters. The molecule has 0 aliphatic carbocycles. The zero-order chi connectivity index (χ0) is 18.2. The molecule has 0 saturated carbocycles. The van der Waals surface area contributed by atoms with Gasteiger partial charge in [-0.2, -0.15) is 0 Å². The van der Waals surface area contributed by atoms with Gasteiger partial charge in [-0.3, -0.25) is 4.98 Å². The second-order valence-corrected chi connectivity index (χ2v) is 6.82. The van der Waals surface area contributed by atoms with Gasteiger partial charge in [0.2, 0.25) is 5.71 Å². The Balaban J connectivity index is 1.63. The molecule has 3 heteroatoms. The summed E-state index contributed by atoms with van der Waals surface area (Å²) in [5.41, 5.74) is 6.81. The van der Waals surface area contributed by atoms with Gasteiger partial charge in [0.25, 0.3) is 0 Å². The van der Waals surface area contributed by atoms with Crippen molar-refractivity contribution in [2.24, 2.45) is 0 Å². The lowest BCUT2D eigenvalue weighted by molar-refractivity contribution is 0.652. The number of para-hydroxylation sites is 1. The van der Waals surface area contributed by atoms with Gasteiger partial charge in [0.15, 0.2) is 0 Å². The summed E-state index contributed by atoms with van der Waals surface area (Å²) in [7, 11) is 0. The van der Waals surface area contributed by atoms with Gasteiger partial charge in [0.1, 0.15) is 5.58 Å². The number of fused-ring (bicyclic) bond motifs is 3. The number of benzene rings is 2. The van der Waals surface area contributed by atoms with Crippen molar-refractivity contribution < 1.29 is 4.42 Å². The number of nitrogens with zero attached hydrogens (tertiary/aromatic N) is 2. The molecule has 0 saturated heterocycles. The van der Waals surface area contributed by atoms with Crippen LogP contribution in [-0.2, 0) is 6.42 Å². The number of aryl methyl sites for hydroxylation is 1. The van der Waals surface area contributed by atoms with Crippen molar-refractivity contribution in [1.29, 1.82) is 0 Å². The van der Waals surface area contributed by atoms with E-state index in [2.05, 4.69) is 53.5 Å². The van der Waals surface area contributed by atoms with E-state index in [1.165, 1.54) is 5.56 Å². The third kappa shape index (κ3) is 2.87. The van der Waals surface area contributed by atoms with E-state index in [1.807, 2.05) is 37.4 Å². The Morgan fingerprint density at radius 3 is 2.52 bits per heavy atom. The molecule has 0 spiro atoms. The quantitative estimate of drug-likeness (QED) is 0.404. The molecule has 3 aromatic heterocycles. The molecule has 5 rings (SSSR count). The van der Waals surface area contributed by atoms with Gasteiger partial charge in [-0.15, -0.1) is 0 Å². The number of pyridine rings is 2. The maximum atomic E-state index is 6.20. The molecule has 0 atom stereocenters. The highest BCUT2D eigenvalue weighted by Gasteiger charge is 2.14. The fourth-order valence-corrected chi connectivity index (χ4v) is 3.45. The largest absolute Gasteiger partial charge is 0.437 e. The molecular weight excluding hydrogens is 332 g/mol. The number of furan rings is 1. The molecular formula is C24H18N2O. The van der Waals surface area contributed by atoms with Crippen molar-refractivity contribution in [3.8, 4) is 11.3 Å². The standard InChI is InChI=1S/C24H18N2O/c1-16-10-13-22(25-15-16)21-9-5-8-19-20-12-11-18(26-24(20)27-23(19)21)14-17-6-3-2-4-7-17/h2-13,15H,14H2,1H3. The zero-order valence-electron chi connectivity index (χ0n) is 15.0. The first-order chi connectivity index (χ1) is 13.3. The predicted molar refractivity (Wildman–Crippen MR) is 109 cm³/mol. The predicted octanol–water partition coefficient (Wildman–Crippen LogP) is 5.94. The molecule has 2 aromatic carbocycles. The van der Waals surface area contributed by atoms with E-state index >= 15 is 0 Å². The molecule has 0 radical (unpaired) electrons. The lowest BCUT2D eigenvalue weighted by atomic mass is 10.1. The van der Waals surface area contributed by atoms with E-state index in [0.29, 0.717) is 5.71 Å². The first-order valence-corrected chi connectivity index (χ1v) is 9.06. The van der Waals surface area contributed by atoms with Gasteiger partial charge in [-0.25, -0.2) is 4.98 Å². The Kier molecular flexibility index (Phi) is 3.72. The van der Waals surface area contributed by atoms with Crippen molar-refractivity contribution >= 4 is 22.1 Å². The van der Waals surface area contributed by atoms with Gasteiger partial charge >= 0.3 is 0 Å². The first-order valence-electron chi connectivity index (χ1n) is 9.06. The van der Waals surface area contributed by atoms with Crippen molar-refractivity contribution in [3.05, 3.63) is 95.8 Å². The van der Waals surface area contributed by atoms with E-state index in [0.717, 1.165) is 45.3 Å². The highest BCUT2D eigenvalue weighted by atomic mass is 16.3. The Morgan fingerprint density at radius 1 is 0.815 bits per heavy atom. The van der Waals surface area contributed by atoms with Gasteiger partial charge < -0.3 is 4.42 Å². The minimum atomic E-state index is 0.679. The summed E-state index contributed by atoms with van der Waals surface area (Å²) in [6.45, 7) is 2.04. The minimum absolute atomic E-state index is 0.679. The van der Waals surface area contributed by atoms with Crippen LogP contribution < -0.4 is 0 Å². The number of rotatable bonds is 3.